The minimum absolute atomic E-state index is 0.124. The summed E-state index contributed by atoms with van der Waals surface area (Å²) >= 11 is 0. The lowest BCUT2D eigenvalue weighted by Gasteiger charge is -2.12. The second-order valence-corrected chi connectivity index (χ2v) is 2.91. The number of hydrogen-bond donors (Lipinski definition) is 2. The van der Waals surface area contributed by atoms with Gasteiger partial charge in [0, 0.05) is 6.04 Å². The smallest absolute Gasteiger partial charge is 0.0648 e. The molecule has 1 atom stereocenters. The highest BCUT2D eigenvalue weighted by Gasteiger charge is 2.07. The predicted octanol–water partition coefficient (Wildman–Crippen LogP) is 0.618. The molecule has 0 radical (unpaired) electrons. The first-order valence-corrected chi connectivity index (χ1v) is 3.92. The summed E-state index contributed by atoms with van der Waals surface area (Å²) in [4.78, 5) is 0. The third kappa shape index (κ3) is 1.78. The van der Waals surface area contributed by atoms with Gasteiger partial charge < -0.3 is 0 Å². The van der Waals surface area contributed by atoms with Crippen LogP contribution < -0.4 is 11.3 Å². The van der Waals surface area contributed by atoms with Crippen LogP contribution in [0.2, 0.25) is 0 Å². The van der Waals surface area contributed by atoms with Crippen LogP contribution >= 0.6 is 0 Å². The standard InChI is InChI=1S/C8H14N4/c1-5-4-8(6(2)10-9)7(3)12-11-5/h4,6,10H,9H2,1-3H3. The first-order chi connectivity index (χ1) is 5.65. The summed E-state index contributed by atoms with van der Waals surface area (Å²) in [6.07, 6.45) is 0. The van der Waals surface area contributed by atoms with Crippen molar-refractivity contribution in [3.8, 4) is 0 Å². The molecule has 1 aromatic rings. The summed E-state index contributed by atoms with van der Waals surface area (Å²) in [6.45, 7) is 5.83. The summed E-state index contributed by atoms with van der Waals surface area (Å²) in [5, 5.41) is 7.94. The molecule has 1 rings (SSSR count). The van der Waals surface area contributed by atoms with Crippen LogP contribution in [0.4, 0.5) is 0 Å². The van der Waals surface area contributed by atoms with E-state index in [9.17, 15) is 0 Å². The maximum absolute atomic E-state index is 5.32. The highest BCUT2D eigenvalue weighted by Crippen LogP contribution is 2.13. The zero-order chi connectivity index (χ0) is 9.14. The van der Waals surface area contributed by atoms with Gasteiger partial charge in [-0.05, 0) is 32.4 Å². The molecule has 0 saturated carbocycles. The van der Waals surface area contributed by atoms with Gasteiger partial charge in [-0.2, -0.15) is 10.2 Å². The number of rotatable bonds is 2. The minimum atomic E-state index is 0.124. The van der Waals surface area contributed by atoms with Gasteiger partial charge in [0.15, 0.2) is 0 Å². The molecule has 3 N–H and O–H groups in total. The normalized spacial score (nSPS) is 13.0. The van der Waals surface area contributed by atoms with Crippen LogP contribution in [0.3, 0.4) is 0 Å². The van der Waals surface area contributed by atoms with Crippen molar-refractivity contribution in [1.29, 1.82) is 0 Å². The van der Waals surface area contributed by atoms with Gasteiger partial charge in [0.2, 0.25) is 0 Å². The van der Waals surface area contributed by atoms with Crippen LogP contribution in [0.5, 0.6) is 0 Å². The number of aryl methyl sites for hydroxylation is 2. The van der Waals surface area contributed by atoms with Crippen molar-refractivity contribution >= 4 is 0 Å². The number of hydrazine groups is 1. The molecule has 0 aromatic carbocycles. The van der Waals surface area contributed by atoms with Crippen molar-refractivity contribution < 1.29 is 0 Å². The molecular formula is C8H14N4. The molecular weight excluding hydrogens is 152 g/mol. The van der Waals surface area contributed by atoms with Crippen LogP contribution in [0.25, 0.3) is 0 Å². The van der Waals surface area contributed by atoms with Gasteiger partial charge >= 0.3 is 0 Å². The maximum Gasteiger partial charge on any atom is 0.0648 e. The fourth-order valence-electron chi connectivity index (χ4n) is 1.10. The number of nitrogens with zero attached hydrogens (tertiary/aromatic N) is 2. The average Bonchev–Trinajstić information content (AvgIpc) is 2.08. The van der Waals surface area contributed by atoms with E-state index in [1.165, 1.54) is 0 Å². The Bertz CT molecular complexity index is 272. The summed E-state index contributed by atoms with van der Waals surface area (Å²) < 4.78 is 0. The Morgan fingerprint density at radius 1 is 1.42 bits per heavy atom. The molecule has 0 aliphatic heterocycles. The van der Waals surface area contributed by atoms with Gasteiger partial charge in [-0.25, -0.2) is 0 Å². The monoisotopic (exact) mass is 166 g/mol. The fraction of sp³-hybridized carbons (Fsp3) is 0.500. The Morgan fingerprint density at radius 2 is 2.08 bits per heavy atom. The third-order valence-electron chi connectivity index (χ3n) is 1.86. The van der Waals surface area contributed by atoms with Crippen molar-refractivity contribution in [1.82, 2.24) is 15.6 Å². The molecule has 1 heterocycles. The number of nitrogens with two attached hydrogens (primary N) is 1. The van der Waals surface area contributed by atoms with Crippen molar-refractivity contribution in [3.63, 3.8) is 0 Å². The van der Waals surface area contributed by atoms with Crippen LogP contribution in [-0.4, -0.2) is 10.2 Å². The SMILES string of the molecule is Cc1cc(C(C)NN)c(C)nn1. The number of nitrogens with one attached hydrogen (secondary N) is 1. The van der Waals surface area contributed by atoms with E-state index in [0.29, 0.717) is 0 Å². The molecule has 0 saturated heterocycles. The quantitative estimate of drug-likeness (QED) is 0.499. The molecule has 66 valence electrons. The molecule has 4 heteroatoms. The third-order valence-corrected chi connectivity index (χ3v) is 1.86. The molecule has 0 spiro atoms. The van der Waals surface area contributed by atoms with Crippen LogP contribution in [0.1, 0.15) is 29.9 Å². The lowest BCUT2D eigenvalue weighted by atomic mass is 10.1. The van der Waals surface area contributed by atoms with Gasteiger partial charge in [-0.15, -0.1) is 0 Å². The van der Waals surface area contributed by atoms with Crippen LogP contribution in [0, 0.1) is 13.8 Å². The molecule has 0 aliphatic carbocycles. The van der Waals surface area contributed by atoms with Crippen molar-refractivity contribution in [2.45, 2.75) is 26.8 Å². The van der Waals surface area contributed by atoms with E-state index in [1.54, 1.807) is 0 Å². The highest BCUT2D eigenvalue weighted by molar-refractivity contribution is 5.22. The van der Waals surface area contributed by atoms with E-state index in [4.69, 9.17) is 5.84 Å². The molecule has 1 unspecified atom stereocenters. The second kappa shape index (κ2) is 3.60. The molecule has 1 aromatic heterocycles. The van der Waals surface area contributed by atoms with Gasteiger partial charge in [0.05, 0.1) is 11.4 Å². The Kier molecular flexibility index (Phi) is 2.73. The van der Waals surface area contributed by atoms with Gasteiger partial charge in [0.1, 0.15) is 0 Å². The van der Waals surface area contributed by atoms with E-state index in [0.717, 1.165) is 17.0 Å². The van der Waals surface area contributed by atoms with E-state index in [2.05, 4.69) is 15.6 Å². The Labute approximate surface area is 72.2 Å². The van der Waals surface area contributed by atoms with E-state index in [1.807, 2.05) is 26.8 Å². The first-order valence-electron chi connectivity index (χ1n) is 3.92. The highest BCUT2D eigenvalue weighted by atomic mass is 15.2. The summed E-state index contributed by atoms with van der Waals surface area (Å²) in [5.74, 6) is 5.32. The minimum Gasteiger partial charge on any atom is -0.271 e. The Hall–Kier alpha value is -1.00. The molecule has 12 heavy (non-hydrogen) atoms. The van der Waals surface area contributed by atoms with Gasteiger partial charge in [-0.3, -0.25) is 11.3 Å². The molecule has 0 bridgehead atoms. The largest absolute Gasteiger partial charge is 0.271 e. The molecule has 4 nitrogen and oxygen atoms in total. The Balaban J connectivity index is 3.04. The summed E-state index contributed by atoms with van der Waals surface area (Å²) in [6, 6.07) is 2.12. The molecule has 0 fully saturated rings. The van der Waals surface area contributed by atoms with Crippen molar-refractivity contribution in [2.75, 3.05) is 0 Å². The van der Waals surface area contributed by atoms with E-state index in [-0.39, 0.29) is 6.04 Å². The van der Waals surface area contributed by atoms with Crippen LogP contribution in [0.15, 0.2) is 6.07 Å². The van der Waals surface area contributed by atoms with Crippen molar-refractivity contribution in [3.05, 3.63) is 23.0 Å². The topological polar surface area (TPSA) is 63.8 Å². The molecule has 0 aliphatic rings. The van der Waals surface area contributed by atoms with Crippen molar-refractivity contribution in [2.24, 2.45) is 5.84 Å². The fourth-order valence-corrected chi connectivity index (χ4v) is 1.10. The molecule has 0 amide bonds. The van der Waals surface area contributed by atoms with E-state index < -0.39 is 0 Å². The lowest BCUT2D eigenvalue weighted by molar-refractivity contribution is 0.592. The zero-order valence-corrected chi connectivity index (χ0v) is 7.63. The van der Waals surface area contributed by atoms with E-state index >= 15 is 0 Å². The summed E-state index contributed by atoms with van der Waals surface area (Å²) in [7, 11) is 0. The second-order valence-electron chi connectivity index (χ2n) is 2.91. The zero-order valence-electron chi connectivity index (χ0n) is 7.63. The predicted molar refractivity (Wildman–Crippen MR) is 47.2 cm³/mol. The van der Waals surface area contributed by atoms with Gasteiger partial charge in [-0.1, -0.05) is 0 Å². The van der Waals surface area contributed by atoms with Crippen LogP contribution in [-0.2, 0) is 0 Å². The number of hydrogen-bond acceptors (Lipinski definition) is 4. The Morgan fingerprint density at radius 3 is 2.67 bits per heavy atom. The van der Waals surface area contributed by atoms with Gasteiger partial charge in [0.25, 0.3) is 0 Å². The lowest BCUT2D eigenvalue weighted by Crippen LogP contribution is -2.26. The average molecular weight is 166 g/mol. The summed E-state index contributed by atoms with van der Waals surface area (Å²) in [5.41, 5.74) is 5.62. The number of aromatic nitrogens is 2. The maximum atomic E-state index is 5.32. The first kappa shape index (κ1) is 9.09.